The van der Waals surface area contributed by atoms with E-state index < -0.39 is 16.1 Å². The Labute approximate surface area is 137 Å². The monoisotopic (exact) mass is 344 g/mol. The molecule has 130 valence electrons. The first-order valence-electron chi connectivity index (χ1n) is 7.25. The standard InChI is InChI=1S/C15H24N2O5S/c1-10(2)14(17-23(4,20)21)15(19)16-8-7-11-5-6-12(18)13(9-11)22-3/h5-6,9-10,14,17-18H,7-8H2,1-4H3,(H,16,19). The molecule has 1 unspecified atom stereocenters. The first-order valence-corrected chi connectivity index (χ1v) is 9.14. The molecule has 23 heavy (non-hydrogen) atoms. The molecule has 0 spiro atoms. The van der Waals surface area contributed by atoms with Crippen molar-refractivity contribution < 1.29 is 23.1 Å². The van der Waals surface area contributed by atoms with E-state index in [9.17, 15) is 18.3 Å². The van der Waals surface area contributed by atoms with Gasteiger partial charge in [-0.05, 0) is 30.0 Å². The number of amides is 1. The number of nitrogens with one attached hydrogen (secondary N) is 2. The van der Waals surface area contributed by atoms with Gasteiger partial charge in [0.2, 0.25) is 15.9 Å². The summed E-state index contributed by atoms with van der Waals surface area (Å²) in [5.41, 5.74) is 0.886. The Kier molecular flexibility index (Phi) is 6.83. The van der Waals surface area contributed by atoms with Gasteiger partial charge in [0.25, 0.3) is 0 Å². The number of methoxy groups -OCH3 is 1. The fourth-order valence-electron chi connectivity index (χ4n) is 2.04. The summed E-state index contributed by atoms with van der Waals surface area (Å²) in [6.07, 6.45) is 1.56. The van der Waals surface area contributed by atoms with Gasteiger partial charge in [-0.2, -0.15) is 0 Å². The summed E-state index contributed by atoms with van der Waals surface area (Å²) in [7, 11) is -2.00. The van der Waals surface area contributed by atoms with Gasteiger partial charge in [0.05, 0.1) is 13.4 Å². The molecule has 0 bridgehead atoms. The fraction of sp³-hybridized carbons (Fsp3) is 0.533. The smallest absolute Gasteiger partial charge is 0.238 e. The predicted molar refractivity (Wildman–Crippen MR) is 88.0 cm³/mol. The second-order valence-corrected chi connectivity index (χ2v) is 7.44. The van der Waals surface area contributed by atoms with Gasteiger partial charge in [0.1, 0.15) is 6.04 Å². The molecule has 0 heterocycles. The first-order chi connectivity index (χ1) is 10.6. The first kappa shape index (κ1) is 19.2. The predicted octanol–water partition coefficient (Wildman–Crippen LogP) is 0.633. The van der Waals surface area contributed by atoms with Gasteiger partial charge in [-0.3, -0.25) is 4.79 Å². The van der Waals surface area contributed by atoms with E-state index in [2.05, 4.69) is 10.0 Å². The molecule has 1 aromatic carbocycles. The number of aromatic hydroxyl groups is 1. The number of rotatable bonds is 8. The molecule has 0 saturated carbocycles. The molecule has 0 fully saturated rings. The summed E-state index contributed by atoms with van der Waals surface area (Å²) in [6, 6.07) is 4.15. The average Bonchev–Trinajstić information content (AvgIpc) is 2.45. The Morgan fingerprint density at radius 2 is 2.00 bits per heavy atom. The van der Waals surface area contributed by atoms with E-state index in [1.54, 1.807) is 26.0 Å². The van der Waals surface area contributed by atoms with E-state index in [4.69, 9.17) is 4.74 Å². The van der Waals surface area contributed by atoms with E-state index in [0.717, 1.165) is 11.8 Å². The van der Waals surface area contributed by atoms with Crippen molar-refractivity contribution in [2.75, 3.05) is 19.9 Å². The molecule has 0 radical (unpaired) electrons. The Hall–Kier alpha value is -1.80. The number of carbonyl (C=O) groups excluding carboxylic acids is 1. The lowest BCUT2D eigenvalue weighted by Gasteiger charge is -2.20. The lowest BCUT2D eigenvalue weighted by Crippen LogP contribution is -2.49. The topological polar surface area (TPSA) is 105 Å². The minimum Gasteiger partial charge on any atom is -0.504 e. The van der Waals surface area contributed by atoms with Crippen LogP contribution in [0.15, 0.2) is 18.2 Å². The van der Waals surface area contributed by atoms with Crippen molar-refractivity contribution in [2.45, 2.75) is 26.3 Å². The molecule has 7 nitrogen and oxygen atoms in total. The number of phenolic OH excluding ortho intramolecular Hbond substituents is 1. The molecule has 0 aliphatic carbocycles. The molecule has 0 aliphatic heterocycles. The largest absolute Gasteiger partial charge is 0.504 e. The van der Waals surface area contributed by atoms with Crippen LogP contribution in [0.4, 0.5) is 0 Å². The number of carbonyl (C=O) groups is 1. The van der Waals surface area contributed by atoms with Crippen LogP contribution in [0.5, 0.6) is 11.5 Å². The van der Waals surface area contributed by atoms with Crippen molar-refractivity contribution >= 4 is 15.9 Å². The summed E-state index contributed by atoms with van der Waals surface area (Å²) >= 11 is 0. The van der Waals surface area contributed by atoms with Crippen LogP contribution in [0.25, 0.3) is 0 Å². The average molecular weight is 344 g/mol. The molecule has 1 amide bonds. The Morgan fingerprint density at radius 3 is 2.52 bits per heavy atom. The fourth-order valence-corrected chi connectivity index (χ4v) is 2.88. The zero-order valence-corrected chi connectivity index (χ0v) is 14.6. The van der Waals surface area contributed by atoms with E-state index in [0.29, 0.717) is 18.7 Å². The van der Waals surface area contributed by atoms with Crippen LogP contribution in [0.3, 0.4) is 0 Å². The SMILES string of the molecule is COc1cc(CCNC(=O)C(NS(C)(=O)=O)C(C)C)ccc1O. The zero-order chi connectivity index (χ0) is 17.6. The van der Waals surface area contributed by atoms with Crippen molar-refractivity contribution in [3.8, 4) is 11.5 Å². The molecule has 0 aliphatic rings. The summed E-state index contributed by atoms with van der Waals surface area (Å²) in [5.74, 6) is -0.111. The van der Waals surface area contributed by atoms with Gasteiger partial charge >= 0.3 is 0 Å². The molecule has 8 heteroatoms. The van der Waals surface area contributed by atoms with E-state index in [1.807, 2.05) is 0 Å². The third-order valence-electron chi connectivity index (χ3n) is 3.25. The highest BCUT2D eigenvalue weighted by molar-refractivity contribution is 7.88. The van der Waals surface area contributed by atoms with Crippen LogP contribution >= 0.6 is 0 Å². The normalized spacial score (nSPS) is 12.9. The van der Waals surface area contributed by atoms with Gasteiger partial charge < -0.3 is 15.2 Å². The minimum absolute atomic E-state index is 0.0532. The van der Waals surface area contributed by atoms with Crippen molar-refractivity contribution in [1.29, 1.82) is 0 Å². The van der Waals surface area contributed by atoms with Crippen molar-refractivity contribution in [3.63, 3.8) is 0 Å². The van der Waals surface area contributed by atoms with Crippen LogP contribution < -0.4 is 14.8 Å². The highest BCUT2D eigenvalue weighted by Crippen LogP contribution is 2.26. The highest BCUT2D eigenvalue weighted by Gasteiger charge is 2.24. The van der Waals surface area contributed by atoms with Gasteiger partial charge in [0.15, 0.2) is 11.5 Å². The van der Waals surface area contributed by atoms with Crippen molar-refractivity contribution in [2.24, 2.45) is 5.92 Å². The number of phenols is 1. The van der Waals surface area contributed by atoms with Gasteiger partial charge in [-0.1, -0.05) is 19.9 Å². The molecular weight excluding hydrogens is 320 g/mol. The van der Waals surface area contributed by atoms with Crippen LogP contribution in [-0.4, -0.2) is 45.4 Å². The van der Waals surface area contributed by atoms with E-state index >= 15 is 0 Å². The van der Waals surface area contributed by atoms with Gasteiger partial charge in [-0.15, -0.1) is 0 Å². The Bertz CT molecular complexity index is 643. The van der Waals surface area contributed by atoms with E-state index in [1.165, 1.54) is 13.2 Å². The van der Waals surface area contributed by atoms with Gasteiger partial charge in [0, 0.05) is 6.54 Å². The maximum Gasteiger partial charge on any atom is 0.238 e. The summed E-state index contributed by atoms with van der Waals surface area (Å²) in [4.78, 5) is 12.1. The molecule has 0 aromatic heterocycles. The third kappa shape index (κ3) is 6.45. The van der Waals surface area contributed by atoms with Crippen LogP contribution in [0.1, 0.15) is 19.4 Å². The van der Waals surface area contributed by atoms with Crippen molar-refractivity contribution in [3.05, 3.63) is 23.8 Å². The van der Waals surface area contributed by atoms with Crippen LogP contribution in [0, 0.1) is 5.92 Å². The Morgan fingerprint density at radius 1 is 1.35 bits per heavy atom. The maximum absolute atomic E-state index is 12.1. The number of benzene rings is 1. The Balaban J connectivity index is 2.61. The number of hydrogen-bond acceptors (Lipinski definition) is 5. The van der Waals surface area contributed by atoms with Gasteiger partial charge in [-0.25, -0.2) is 13.1 Å². The molecule has 1 rings (SSSR count). The number of sulfonamides is 1. The lowest BCUT2D eigenvalue weighted by molar-refractivity contribution is -0.123. The third-order valence-corrected chi connectivity index (χ3v) is 3.93. The number of hydrogen-bond donors (Lipinski definition) is 3. The quantitative estimate of drug-likeness (QED) is 0.642. The lowest BCUT2D eigenvalue weighted by atomic mass is 10.0. The molecule has 3 N–H and O–H groups in total. The summed E-state index contributed by atoms with van der Waals surface area (Å²) < 4.78 is 30.0. The van der Waals surface area contributed by atoms with E-state index in [-0.39, 0.29) is 17.6 Å². The second-order valence-electron chi connectivity index (χ2n) is 5.66. The van der Waals surface area contributed by atoms with Crippen molar-refractivity contribution in [1.82, 2.24) is 10.0 Å². The minimum atomic E-state index is -3.46. The summed E-state index contributed by atoms with van der Waals surface area (Å²) in [6.45, 7) is 3.89. The van der Waals surface area contributed by atoms with Crippen LogP contribution in [-0.2, 0) is 21.2 Å². The van der Waals surface area contributed by atoms with Crippen LogP contribution in [0.2, 0.25) is 0 Å². The summed E-state index contributed by atoms with van der Waals surface area (Å²) in [5, 5.41) is 12.2. The maximum atomic E-state index is 12.1. The highest BCUT2D eigenvalue weighted by atomic mass is 32.2. The molecular formula is C15H24N2O5S. The molecule has 1 atom stereocenters. The molecule has 1 aromatic rings. The zero-order valence-electron chi connectivity index (χ0n) is 13.8. The number of ether oxygens (including phenoxy) is 1. The second kappa shape index (κ2) is 8.16. The molecule has 0 saturated heterocycles.